The predicted molar refractivity (Wildman–Crippen MR) is 164 cm³/mol. The molecular formula is C34H50O12. The van der Waals surface area contributed by atoms with Crippen LogP contribution in [0.15, 0.2) is 22.8 Å². The fourth-order valence-electron chi connectivity index (χ4n) is 6.68. The van der Waals surface area contributed by atoms with E-state index in [1.807, 2.05) is 13.8 Å². The number of carbonyl (C=O) groups excluding carboxylic acids is 5. The van der Waals surface area contributed by atoms with Crippen LogP contribution < -0.4 is 0 Å². The van der Waals surface area contributed by atoms with Gasteiger partial charge in [0.15, 0.2) is 29.5 Å². The number of esters is 5. The summed E-state index contributed by atoms with van der Waals surface area (Å²) >= 11 is 0. The minimum Gasteiger partial charge on any atom is -0.459 e. The zero-order valence-electron chi connectivity index (χ0n) is 28.6. The molecule has 0 aromatic carbocycles. The van der Waals surface area contributed by atoms with Crippen LogP contribution in [0.3, 0.4) is 0 Å². The molecule has 0 bridgehead atoms. The minimum absolute atomic E-state index is 0.0564. The van der Waals surface area contributed by atoms with Crippen molar-refractivity contribution in [1.82, 2.24) is 0 Å². The lowest BCUT2D eigenvalue weighted by atomic mass is 9.75. The molecule has 12 heteroatoms. The number of aliphatic hydroxyl groups is 2. The highest BCUT2D eigenvalue weighted by Gasteiger charge is 2.76. The van der Waals surface area contributed by atoms with Crippen LogP contribution in [0.5, 0.6) is 0 Å². The van der Waals surface area contributed by atoms with E-state index in [4.69, 9.17) is 23.7 Å². The van der Waals surface area contributed by atoms with Gasteiger partial charge >= 0.3 is 29.8 Å². The number of carbonyl (C=O) groups is 5. The average molecular weight is 651 g/mol. The quantitative estimate of drug-likeness (QED) is 0.144. The van der Waals surface area contributed by atoms with E-state index in [1.165, 1.54) is 13.8 Å². The molecule has 3 rings (SSSR count). The summed E-state index contributed by atoms with van der Waals surface area (Å²) in [6.45, 7) is 16.0. The van der Waals surface area contributed by atoms with Crippen molar-refractivity contribution in [2.75, 3.05) is 0 Å². The summed E-state index contributed by atoms with van der Waals surface area (Å²) in [6, 6.07) is 0. The maximum atomic E-state index is 13.3. The van der Waals surface area contributed by atoms with Crippen LogP contribution in [-0.4, -0.2) is 81.3 Å². The standard InChI is InChI=1S/C34H50O12/c1-11-18(5)29(37)42-22-16-32(9,46-21(8)35)25-24(28-34(22,41)33(10,40)31(39)45-28)20(7)26(44-30(38)19(6)12-2)27(25)43-23(36)15-13-14-17(3)4/h12,17-18,22,25-28,40-41H,11,13-16H2,1-10H3/b19-12-/t18-,22-,25+,26-,27-,28-,32-,33+,34+/m0/s1. The van der Waals surface area contributed by atoms with Gasteiger partial charge in [0.1, 0.15) is 11.7 Å². The lowest BCUT2D eigenvalue weighted by Gasteiger charge is -2.42. The first-order valence-electron chi connectivity index (χ1n) is 16.1. The van der Waals surface area contributed by atoms with Crippen LogP contribution >= 0.6 is 0 Å². The molecule has 0 radical (unpaired) electrons. The predicted octanol–water partition coefficient (Wildman–Crippen LogP) is 3.64. The molecule has 2 fully saturated rings. The fourth-order valence-corrected chi connectivity index (χ4v) is 6.68. The molecule has 0 aromatic heterocycles. The Balaban J connectivity index is 2.29. The van der Waals surface area contributed by atoms with E-state index in [9.17, 15) is 34.2 Å². The van der Waals surface area contributed by atoms with Gasteiger partial charge < -0.3 is 33.9 Å². The van der Waals surface area contributed by atoms with Crippen molar-refractivity contribution in [2.45, 2.75) is 143 Å². The molecule has 1 aliphatic heterocycles. The third kappa shape index (κ3) is 6.74. The number of rotatable bonds is 11. The van der Waals surface area contributed by atoms with Gasteiger partial charge in [-0.3, -0.25) is 14.4 Å². The van der Waals surface area contributed by atoms with Gasteiger partial charge in [0, 0.05) is 25.3 Å². The van der Waals surface area contributed by atoms with Crippen LogP contribution in [0.25, 0.3) is 0 Å². The molecule has 1 heterocycles. The van der Waals surface area contributed by atoms with E-state index in [2.05, 4.69) is 0 Å². The first-order valence-corrected chi connectivity index (χ1v) is 16.1. The first-order chi connectivity index (χ1) is 21.3. The van der Waals surface area contributed by atoms with Crippen LogP contribution in [0.4, 0.5) is 0 Å². The molecule has 3 aliphatic rings. The van der Waals surface area contributed by atoms with E-state index in [0.717, 1.165) is 13.3 Å². The molecule has 0 aromatic rings. The van der Waals surface area contributed by atoms with Gasteiger partial charge in [-0.15, -0.1) is 0 Å². The van der Waals surface area contributed by atoms with E-state index in [1.54, 1.807) is 40.7 Å². The molecule has 0 amide bonds. The van der Waals surface area contributed by atoms with Crippen molar-refractivity contribution < 1.29 is 57.9 Å². The smallest absolute Gasteiger partial charge is 0.341 e. The van der Waals surface area contributed by atoms with Crippen LogP contribution in [0, 0.1) is 17.8 Å². The monoisotopic (exact) mass is 650 g/mol. The number of hydrogen-bond acceptors (Lipinski definition) is 12. The maximum Gasteiger partial charge on any atom is 0.341 e. The molecule has 9 atom stereocenters. The Morgan fingerprint density at radius 2 is 1.70 bits per heavy atom. The normalized spacial score (nSPS) is 34.7. The van der Waals surface area contributed by atoms with Crippen LogP contribution in [0.1, 0.15) is 101 Å². The number of fused-ring (bicyclic) bond motifs is 3. The second-order valence-electron chi connectivity index (χ2n) is 13.7. The SMILES string of the molecule is C/C=C(/C)C(=O)O[C@H]1C(C)=C2[C@H]([C@@H]1OC(=O)CCCC(C)C)[C@@](C)(OC(C)=O)C[C@H](OC(=O)[C@@H](C)CC)[C@@]1(O)[C@H]2OC(=O)[C@@]1(C)O. The molecule has 0 spiro atoms. The van der Waals surface area contributed by atoms with Gasteiger partial charge in [0.25, 0.3) is 0 Å². The average Bonchev–Trinajstić information content (AvgIpc) is 3.29. The Kier molecular flexibility index (Phi) is 11.2. The van der Waals surface area contributed by atoms with Crippen molar-refractivity contribution in [3.05, 3.63) is 22.8 Å². The van der Waals surface area contributed by atoms with Crippen molar-refractivity contribution in [2.24, 2.45) is 17.8 Å². The summed E-state index contributed by atoms with van der Waals surface area (Å²) in [5, 5.41) is 24.0. The third-order valence-corrected chi connectivity index (χ3v) is 9.74. The summed E-state index contributed by atoms with van der Waals surface area (Å²) in [7, 11) is 0. The summed E-state index contributed by atoms with van der Waals surface area (Å²) in [5.41, 5.74) is -6.18. The Labute approximate surface area is 270 Å². The second kappa shape index (κ2) is 13.9. The minimum atomic E-state index is -2.59. The maximum absolute atomic E-state index is 13.3. The lowest BCUT2D eigenvalue weighted by molar-refractivity contribution is -0.214. The molecule has 258 valence electrons. The summed E-state index contributed by atoms with van der Waals surface area (Å²) < 4.78 is 29.4. The molecule has 2 N–H and O–H groups in total. The molecule has 1 saturated heterocycles. The Morgan fingerprint density at radius 3 is 2.24 bits per heavy atom. The number of hydrogen-bond donors (Lipinski definition) is 2. The number of ether oxygens (including phenoxy) is 5. The Morgan fingerprint density at radius 1 is 1.07 bits per heavy atom. The fraction of sp³-hybridized carbons (Fsp3) is 0.735. The van der Waals surface area contributed by atoms with Gasteiger partial charge in [-0.2, -0.15) is 0 Å². The largest absolute Gasteiger partial charge is 0.459 e. The molecule has 12 nitrogen and oxygen atoms in total. The van der Waals surface area contributed by atoms with E-state index in [0.29, 0.717) is 18.8 Å². The topological polar surface area (TPSA) is 172 Å². The van der Waals surface area contributed by atoms with E-state index < -0.39 is 89.3 Å². The molecule has 0 unspecified atom stereocenters. The van der Waals surface area contributed by atoms with Gasteiger partial charge in [-0.25, -0.2) is 9.59 Å². The molecule has 46 heavy (non-hydrogen) atoms. The van der Waals surface area contributed by atoms with Gasteiger partial charge in [-0.1, -0.05) is 40.2 Å². The van der Waals surface area contributed by atoms with Crippen molar-refractivity contribution >= 4 is 29.8 Å². The number of allylic oxidation sites excluding steroid dienone is 1. The third-order valence-electron chi connectivity index (χ3n) is 9.74. The highest BCUT2D eigenvalue weighted by molar-refractivity contribution is 5.88. The van der Waals surface area contributed by atoms with Crippen LogP contribution in [-0.2, 0) is 47.7 Å². The Hall–Kier alpha value is -3.25. The summed E-state index contributed by atoms with van der Waals surface area (Å²) in [5.74, 6) is -5.33. The van der Waals surface area contributed by atoms with Gasteiger partial charge in [0.2, 0.25) is 0 Å². The highest BCUT2D eigenvalue weighted by Crippen LogP contribution is 2.57. The second-order valence-corrected chi connectivity index (χ2v) is 13.7. The molecule has 1 saturated carbocycles. The van der Waals surface area contributed by atoms with Crippen molar-refractivity contribution in [3.63, 3.8) is 0 Å². The zero-order valence-corrected chi connectivity index (χ0v) is 28.6. The van der Waals surface area contributed by atoms with Gasteiger partial charge in [-0.05, 0) is 64.5 Å². The lowest BCUT2D eigenvalue weighted by Crippen LogP contribution is -2.64. The zero-order chi connectivity index (χ0) is 34.9. The summed E-state index contributed by atoms with van der Waals surface area (Å²) in [4.78, 5) is 65.4. The van der Waals surface area contributed by atoms with Crippen molar-refractivity contribution in [3.8, 4) is 0 Å². The molecule has 2 aliphatic carbocycles. The van der Waals surface area contributed by atoms with Gasteiger partial charge in [0.05, 0.1) is 11.8 Å². The summed E-state index contributed by atoms with van der Waals surface area (Å²) in [6.07, 6.45) is -2.92. The van der Waals surface area contributed by atoms with Crippen molar-refractivity contribution in [1.29, 1.82) is 0 Å². The highest BCUT2D eigenvalue weighted by atomic mass is 16.6. The van der Waals surface area contributed by atoms with E-state index >= 15 is 0 Å². The molecular weight excluding hydrogens is 600 g/mol. The first kappa shape index (κ1) is 37.2. The Bertz CT molecular complexity index is 1290. The van der Waals surface area contributed by atoms with E-state index in [-0.39, 0.29) is 23.1 Å². The van der Waals surface area contributed by atoms with Crippen LogP contribution in [0.2, 0.25) is 0 Å².